The normalized spacial score (nSPS) is 14.2. The third-order valence-corrected chi connectivity index (χ3v) is 5.21. The molecule has 4 nitrogen and oxygen atoms in total. The molecule has 0 radical (unpaired) electrons. The first-order valence-corrected chi connectivity index (χ1v) is 11.5. The van der Waals surface area contributed by atoms with Gasteiger partial charge in [-0.3, -0.25) is 0 Å². The van der Waals surface area contributed by atoms with Crippen molar-refractivity contribution in [3.8, 4) is 0 Å². The van der Waals surface area contributed by atoms with Crippen LogP contribution in [0.3, 0.4) is 0 Å². The molecule has 170 valence electrons. The molecule has 5 heteroatoms. The van der Waals surface area contributed by atoms with E-state index in [1.807, 2.05) is 14.0 Å². The second kappa shape index (κ2) is 18.9. The van der Waals surface area contributed by atoms with Gasteiger partial charge in [0.15, 0.2) is 0 Å². The molecule has 0 saturated heterocycles. The first-order valence-electron chi connectivity index (χ1n) is 11.5. The maximum atomic E-state index is 9.43. The Morgan fingerprint density at radius 1 is 0.750 bits per heavy atom. The Morgan fingerprint density at radius 2 is 1.18 bits per heavy atom. The number of aliphatic hydroxyl groups is 2. The van der Waals surface area contributed by atoms with E-state index in [0.29, 0.717) is 0 Å². The highest BCUT2D eigenvalue weighted by Gasteiger charge is 2.31. The lowest BCUT2D eigenvalue weighted by Gasteiger charge is -2.33. The van der Waals surface area contributed by atoms with E-state index < -0.39 is 5.97 Å². The minimum Gasteiger partial charge on any atom is -1.00 e. The molecule has 0 aliphatic rings. The molecule has 0 spiro atoms. The van der Waals surface area contributed by atoms with Gasteiger partial charge in [0.25, 0.3) is 0 Å². The quantitative estimate of drug-likeness (QED) is 0.111. The summed E-state index contributed by atoms with van der Waals surface area (Å²) in [7, 11) is 1.90. The number of allylic oxidation sites excluding steroid dienone is 2. The first kappa shape index (κ1) is 30.1. The summed E-state index contributed by atoms with van der Waals surface area (Å²) in [5.74, 6) is -2.06. The second-order valence-electron chi connectivity index (χ2n) is 8.30. The Bertz CT molecular complexity index is 358. The third kappa shape index (κ3) is 20.6. The van der Waals surface area contributed by atoms with E-state index in [9.17, 15) is 10.2 Å². The molecule has 0 amide bonds. The highest BCUT2D eigenvalue weighted by Crippen LogP contribution is 2.16. The lowest BCUT2D eigenvalue weighted by molar-refractivity contribution is -1.11. The average molecular weight is 422 g/mol. The minimum atomic E-state index is -2.06. The fraction of sp³-hybridized carbons (Fsp3) is 0.913. The van der Waals surface area contributed by atoms with Crippen molar-refractivity contribution in [3.05, 3.63) is 12.2 Å². The zero-order chi connectivity index (χ0) is 20.4. The van der Waals surface area contributed by atoms with Gasteiger partial charge in [0.2, 0.25) is 0 Å². The van der Waals surface area contributed by atoms with Crippen molar-refractivity contribution in [2.24, 2.45) is 0 Å². The molecule has 2 N–H and O–H groups in total. The summed E-state index contributed by atoms with van der Waals surface area (Å²) in [5, 5.41) is 18.9. The van der Waals surface area contributed by atoms with Crippen molar-refractivity contribution < 1.29 is 32.1 Å². The summed E-state index contributed by atoms with van der Waals surface area (Å²) in [4.78, 5) is 5.34. The Kier molecular flexibility index (Phi) is 20.3. The Balaban J connectivity index is 0. The maximum absolute atomic E-state index is 9.43. The number of unbranched alkanes of at least 4 members (excludes halogenated alkanes) is 12. The van der Waals surface area contributed by atoms with Crippen molar-refractivity contribution in [1.29, 1.82) is 0 Å². The SMILES string of the molecule is CCCCCCCC/C=C\CCCCCCCC[N+](C)(CC)OC(C)(O)O.[Cl-]. The second-order valence-corrected chi connectivity index (χ2v) is 8.30. The molecule has 0 bridgehead atoms. The van der Waals surface area contributed by atoms with Gasteiger partial charge in [0.05, 0.1) is 7.05 Å². The Hall–Kier alpha value is -0.130. The highest BCUT2D eigenvalue weighted by atomic mass is 35.5. The van der Waals surface area contributed by atoms with E-state index in [4.69, 9.17) is 4.84 Å². The predicted molar refractivity (Wildman–Crippen MR) is 115 cm³/mol. The number of quaternary nitrogens is 1. The molecule has 28 heavy (non-hydrogen) atoms. The van der Waals surface area contributed by atoms with E-state index in [1.165, 1.54) is 90.4 Å². The fourth-order valence-corrected chi connectivity index (χ4v) is 3.38. The van der Waals surface area contributed by atoms with Crippen LogP contribution in [0.1, 0.15) is 111 Å². The molecule has 0 fully saturated rings. The Morgan fingerprint density at radius 3 is 1.61 bits per heavy atom. The molecule has 0 aromatic rings. The van der Waals surface area contributed by atoms with Crippen LogP contribution in [0, 0.1) is 0 Å². The van der Waals surface area contributed by atoms with Crippen LogP contribution in [-0.4, -0.2) is 41.0 Å². The van der Waals surface area contributed by atoms with Crippen LogP contribution >= 0.6 is 0 Å². The molecule has 0 aliphatic heterocycles. The van der Waals surface area contributed by atoms with Gasteiger partial charge in [0.1, 0.15) is 13.1 Å². The number of hydrogen-bond donors (Lipinski definition) is 2. The summed E-state index contributed by atoms with van der Waals surface area (Å²) in [6, 6.07) is 0. The summed E-state index contributed by atoms with van der Waals surface area (Å²) >= 11 is 0. The van der Waals surface area contributed by atoms with Gasteiger partial charge in [-0.05, 0) is 45.4 Å². The van der Waals surface area contributed by atoms with Crippen molar-refractivity contribution in [2.75, 3.05) is 20.1 Å². The number of nitrogens with zero attached hydrogens (tertiary/aromatic N) is 1. The van der Waals surface area contributed by atoms with Crippen LogP contribution in [0.2, 0.25) is 0 Å². The van der Waals surface area contributed by atoms with Crippen molar-refractivity contribution in [1.82, 2.24) is 0 Å². The Labute approximate surface area is 181 Å². The molecule has 0 aromatic heterocycles. The summed E-state index contributed by atoms with van der Waals surface area (Å²) in [5.41, 5.74) is 0. The van der Waals surface area contributed by atoms with Crippen LogP contribution in [0.4, 0.5) is 0 Å². The van der Waals surface area contributed by atoms with E-state index in [1.54, 1.807) is 0 Å². The van der Waals surface area contributed by atoms with Crippen molar-refractivity contribution >= 4 is 0 Å². The molecule has 0 rings (SSSR count). The van der Waals surface area contributed by atoms with Crippen LogP contribution in [-0.2, 0) is 4.84 Å². The van der Waals surface area contributed by atoms with Gasteiger partial charge in [0, 0.05) is 6.92 Å². The molecular formula is C23H48ClNO3. The van der Waals surface area contributed by atoms with Gasteiger partial charge >= 0.3 is 5.97 Å². The number of halogens is 1. The molecule has 1 unspecified atom stereocenters. The first-order chi connectivity index (χ1) is 12.8. The number of rotatable bonds is 19. The number of hydrogen-bond acceptors (Lipinski definition) is 3. The van der Waals surface area contributed by atoms with E-state index >= 15 is 0 Å². The van der Waals surface area contributed by atoms with Crippen molar-refractivity contribution in [2.45, 2.75) is 117 Å². The third-order valence-electron chi connectivity index (χ3n) is 5.21. The predicted octanol–water partition coefficient (Wildman–Crippen LogP) is 3.08. The smallest absolute Gasteiger partial charge is 0.327 e. The van der Waals surface area contributed by atoms with E-state index in [-0.39, 0.29) is 17.1 Å². The summed E-state index contributed by atoms with van der Waals surface area (Å²) in [6.07, 6.45) is 22.9. The zero-order valence-electron chi connectivity index (χ0n) is 19.1. The topological polar surface area (TPSA) is 49.7 Å². The molecule has 0 saturated carbocycles. The van der Waals surface area contributed by atoms with E-state index in [0.717, 1.165) is 19.5 Å². The summed E-state index contributed by atoms with van der Waals surface area (Å²) in [6.45, 7) is 7.08. The van der Waals surface area contributed by atoms with E-state index in [2.05, 4.69) is 19.1 Å². The van der Waals surface area contributed by atoms with Gasteiger partial charge in [-0.2, -0.15) is 4.65 Å². The maximum Gasteiger partial charge on any atom is 0.327 e. The molecule has 0 heterocycles. The largest absolute Gasteiger partial charge is 1.00 e. The van der Waals surface area contributed by atoms with Crippen LogP contribution < -0.4 is 12.4 Å². The average Bonchev–Trinajstić information content (AvgIpc) is 2.60. The van der Waals surface area contributed by atoms with Gasteiger partial charge in [-0.25, -0.2) is 0 Å². The lowest BCUT2D eigenvalue weighted by Crippen LogP contribution is -3.00. The summed E-state index contributed by atoms with van der Waals surface area (Å²) < 4.78 is 0.243. The van der Waals surface area contributed by atoms with Crippen LogP contribution in [0.25, 0.3) is 0 Å². The molecular weight excluding hydrogens is 374 g/mol. The van der Waals surface area contributed by atoms with Crippen LogP contribution in [0.15, 0.2) is 12.2 Å². The monoisotopic (exact) mass is 421 g/mol. The number of hydroxylamine groups is 3. The highest BCUT2D eigenvalue weighted by molar-refractivity contribution is 4.81. The molecule has 0 aliphatic carbocycles. The van der Waals surface area contributed by atoms with Crippen molar-refractivity contribution in [3.63, 3.8) is 0 Å². The van der Waals surface area contributed by atoms with Gasteiger partial charge < -0.3 is 22.6 Å². The lowest BCUT2D eigenvalue weighted by atomic mass is 10.1. The van der Waals surface area contributed by atoms with Crippen LogP contribution in [0.5, 0.6) is 0 Å². The molecule has 1 atom stereocenters. The molecule has 0 aromatic carbocycles. The van der Waals surface area contributed by atoms with Gasteiger partial charge in [-0.1, -0.05) is 70.4 Å². The standard InChI is InChI=1S/C23H48NO3.ClH/c1-5-7-8-9-10-11-12-13-14-15-16-17-18-19-20-21-22-24(4,6-2)27-23(3,25)26;/h13-14,25-26H,5-12,15-22H2,1-4H3;1H/q+1;/p-1/b14-13-;. The zero-order valence-corrected chi connectivity index (χ0v) is 19.9. The minimum absolute atomic E-state index is 0. The fourth-order valence-electron chi connectivity index (χ4n) is 3.38. The van der Waals surface area contributed by atoms with Gasteiger partial charge in [-0.15, -0.1) is 4.84 Å².